The number of hydrogen-bond acceptors (Lipinski definition) is 4. The van der Waals surface area contributed by atoms with Gasteiger partial charge in [-0.05, 0) is 37.5 Å². The molecule has 0 radical (unpaired) electrons. The Hall–Kier alpha value is -0.160. The van der Waals surface area contributed by atoms with Gasteiger partial charge in [-0.2, -0.15) is 0 Å². The lowest BCUT2D eigenvalue weighted by atomic mass is 9.86. The fourth-order valence-corrected chi connectivity index (χ4v) is 4.00. The van der Waals surface area contributed by atoms with Crippen LogP contribution in [0.4, 0.5) is 0 Å². The molecule has 4 N–H and O–H groups in total. The van der Waals surface area contributed by atoms with E-state index in [4.69, 9.17) is 5.73 Å². The molecule has 0 spiro atoms. The van der Waals surface area contributed by atoms with E-state index in [0.29, 0.717) is 17.9 Å². The number of aliphatic hydroxyl groups excluding tert-OH is 1. The molecule has 2 aliphatic rings. The van der Waals surface area contributed by atoms with Gasteiger partial charge in [0.2, 0.25) is 0 Å². The normalized spacial score (nSPS) is 30.1. The highest BCUT2D eigenvalue weighted by Gasteiger charge is 2.30. The molecule has 1 aliphatic heterocycles. The van der Waals surface area contributed by atoms with Crippen LogP contribution in [0.1, 0.15) is 52.4 Å². The van der Waals surface area contributed by atoms with Crippen molar-refractivity contribution in [3.05, 3.63) is 0 Å². The van der Waals surface area contributed by atoms with Crippen molar-refractivity contribution in [3.63, 3.8) is 0 Å². The molecular weight excluding hydrogens is 262 g/mol. The van der Waals surface area contributed by atoms with Crippen molar-refractivity contribution in [2.45, 2.75) is 70.6 Å². The van der Waals surface area contributed by atoms with E-state index in [9.17, 15) is 5.11 Å². The van der Waals surface area contributed by atoms with Crippen molar-refractivity contribution in [1.29, 1.82) is 0 Å². The molecular formula is C17H35N3O. The van der Waals surface area contributed by atoms with Gasteiger partial charge in [0.15, 0.2) is 0 Å². The van der Waals surface area contributed by atoms with Gasteiger partial charge >= 0.3 is 0 Å². The minimum absolute atomic E-state index is 0.167. The quantitative estimate of drug-likeness (QED) is 0.667. The Kier molecular flexibility index (Phi) is 6.93. The maximum absolute atomic E-state index is 10.2. The van der Waals surface area contributed by atoms with Gasteiger partial charge in [-0.3, -0.25) is 0 Å². The molecule has 1 aliphatic carbocycles. The molecule has 21 heavy (non-hydrogen) atoms. The molecule has 1 saturated carbocycles. The summed E-state index contributed by atoms with van der Waals surface area (Å²) in [5.74, 6) is 0.956. The highest BCUT2D eigenvalue weighted by Crippen LogP contribution is 2.26. The molecule has 0 aromatic rings. The van der Waals surface area contributed by atoms with E-state index in [1.54, 1.807) is 0 Å². The molecule has 4 nitrogen and oxygen atoms in total. The largest absolute Gasteiger partial charge is 0.393 e. The average molecular weight is 297 g/mol. The second kappa shape index (κ2) is 8.47. The van der Waals surface area contributed by atoms with Crippen LogP contribution >= 0.6 is 0 Å². The molecule has 0 amide bonds. The molecule has 3 unspecified atom stereocenters. The van der Waals surface area contributed by atoms with Crippen LogP contribution in [0.2, 0.25) is 0 Å². The third-order valence-corrected chi connectivity index (χ3v) is 5.23. The van der Waals surface area contributed by atoms with Gasteiger partial charge in [0.05, 0.1) is 6.10 Å². The molecule has 0 aromatic carbocycles. The number of hydrogen-bond donors (Lipinski definition) is 3. The van der Waals surface area contributed by atoms with Crippen LogP contribution < -0.4 is 11.1 Å². The SMILES string of the molecule is CC(C)C(O)CC1CC(NC2CCCC2)CN(CCN)C1. The zero-order valence-electron chi connectivity index (χ0n) is 13.9. The van der Waals surface area contributed by atoms with Crippen LogP contribution in [0.25, 0.3) is 0 Å². The van der Waals surface area contributed by atoms with Crippen LogP contribution in [0.5, 0.6) is 0 Å². The third kappa shape index (κ3) is 5.51. The standard InChI is InChI=1S/C17H35N3O/c1-13(2)17(21)10-14-9-16(12-20(11-14)8-7-18)19-15-5-3-4-6-15/h13-17,19,21H,3-12,18H2,1-2H3. The van der Waals surface area contributed by atoms with Crippen LogP contribution in [-0.2, 0) is 0 Å². The zero-order chi connectivity index (χ0) is 15.2. The van der Waals surface area contributed by atoms with Crippen molar-refractivity contribution >= 4 is 0 Å². The minimum Gasteiger partial charge on any atom is -0.393 e. The molecule has 4 heteroatoms. The number of likely N-dealkylation sites (tertiary alicyclic amines) is 1. The smallest absolute Gasteiger partial charge is 0.0566 e. The summed E-state index contributed by atoms with van der Waals surface area (Å²) in [6, 6.07) is 1.31. The predicted molar refractivity (Wildman–Crippen MR) is 88.2 cm³/mol. The van der Waals surface area contributed by atoms with Gasteiger partial charge in [0.1, 0.15) is 0 Å². The molecule has 1 saturated heterocycles. The Bertz CT molecular complexity index is 280. The summed E-state index contributed by atoms with van der Waals surface area (Å²) < 4.78 is 0. The summed E-state index contributed by atoms with van der Waals surface area (Å²) in [6.45, 7) is 8.16. The van der Waals surface area contributed by atoms with E-state index < -0.39 is 0 Å². The van der Waals surface area contributed by atoms with Gasteiger partial charge in [0.25, 0.3) is 0 Å². The summed E-state index contributed by atoms with van der Waals surface area (Å²) in [4.78, 5) is 2.49. The first-order valence-electron chi connectivity index (χ1n) is 8.95. The van der Waals surface area contributed by atoms with E-state index in [-0.39, 0.29) is 6.10 Å². The number of nitrogens with one attached hydrogen (secondary N) is 1. The van der Waals surface area contributed by atoms with E-state index in [1.165, 1.54) is 32.1 Å². The Morgan fingerprint density at radius 1 is 1.19 bits per heavy atom. The van der Waals surface area contributed by atoms with Crippen LogP contribution in [0, 0.1) is 11.8 Å². The lowest BCUT2D eigenvalue weighted by molar-refractivity contribution is 0.0610. The maximum atomic E-state index is 10.2. The number of piperidine rings is 1. The Balaban J connectivity index is 1.87. The van der Waals surface area contributed by atoms with Crippen molar-refractivity contribution in [2.24, 2.45) is 17.6 Å². The molecule has 0 aromatic heterocycles. The third-order valence-electron chi connectivity index (χ3n) is 5.23. The zero-order valence-corrected chi connectivity index (χ0v) is 13.9. The monoisotopic (exact) mass is 297 g/mol. The Morgan fingerprint density at radius 3 is 2.52 bits per heavy atom. The lowest BCUT2D eigenvalue weighted by Crippen LogP contribution is -2.52. The summed E-state index contributed by atoms with van der Waals surface area (Å²) >= 11 is 0. The van der Waals surface area contributed by atoms with Crippen molar-refractivity contribution in [1.82, 2.24) is 10.2 Å². The van der Waals surface area contributed by atoms with Gasteiger partial charge in [-0.25, -0.2) is 0 Å². The second-order valence-corrected chi connectivity index (χ2v) is 7.54. The van der Waals surface area contributed by atoms with Gasteiger partial charge in [-0.1, -0.05) is 26.7 Å². The fourth-order valence-electron chi connectivity index (χ4n) is 4.00. The maximum Gasteiger partial charge on any atom is 0.0566 e. The van der Waals surface area contributed by atoms with Crippen LogP contribution in [0.3, 0.4) is 0 Å². The van der Waals surface area contributed by atoms with Crippen molar-refractivity contribution in [3.8, 4) is 0 Å². The van der Waals surface area contributed by atoms with Gasteiger partial charge in [-0.15, -0.1) is 0 Å². The van der Waals surface area contributed by atoms with E-state index in [1.807, 2.05) is 0 Å². The summed E-state index contributed by atoms with van der Waals surface area (Å²) in [7, 11) is 0. The first-order chi connectivity index (χ1) is 10.1. The van der Waals surface area contributed by atoms with Crippen LogP contribution in [0.15, 0.2) is 0 Å². The molecule has 0 bridgehead atoms. The van der Waals surface area contributed by atoms with E-state index in [0.717, 1.165) is 38.6 Å². The molecule has 124 valence electrons. The lowest BCUT2D eigenvalue weighted by Gasteiger charge is -2.40. The predicted octanol–water partition coefficient (Wildman–Crippen LogP) is 1.57. The summed E-state index contributed by atoms with van der Waals surface area (Å²) in [5, 5.41) is 14.1. The summed E-state index contributed by atoms with van der Waals surface area (Å²) in [5.41, 5.74) is 5.75. The second-order valence-electron chi connectivity index (χ2n) is 7.54. The molecule has 2 fully saturated rings. The number of nitrogens with two attached hydrogens (primary N) is 1. The van der Waals surface area contributed by atoms with Crippen molar-refractivity contribution in [2.75, 3.05) is 26.2 Å². The van der Waals surface area contributed by atoms with E-state index >= 15 is 0 Å². The van der Waals surface area contributed by atoms with Crippen LogP contribution in [-0.4, -0.2) is 54.4 Å². The minimum atomic E-state index is -0.167. The number of nitrogens with zero attached hydrogens (tertiary/aromatic N) is 1. The topological polar surface area (TPSA) is 61.5 Å². The summed E-state index contributed by atoms with van der Waals surface area (Å²) in [6.07, 6.45) is 7.42. The number of rotatable bonds is 7. The highest BCUT2D eigenvalue weighted by molar-refractivity contribution is 4.88. The fraction of sp³-hybridized carbons (Fsp3) is 1.00. The molecule has 2 rings (SSSR count). The van der Waals surface area contributed by atoms with Gasteiger partial charge < -0.3 is 21.1 Å². The first kappa shape index (κ1) is 17.2. The van der Waals surface area contributed by atoms with Crippen molar-refractivity contribution < 1.29 is 5.11 Å². The molecule has 1 heterocycles. The Labute approximate surface area is 130 Å². The first-order valence-corrected chi connectivity index (χ1v) is 8.95. The van der Waals surface area contributed by atoms with Gasteiger partial charge in [0, 0.05) is 38.3 Å². The number of aliphatic hydroxyl groups is 1. The molecule has 3 atom stereocenters. The average Bonchev–Trinajstić information content (AvgIpc) is 2.91. The highest BCUT2D eigenvalue weighted by atomic mass is 16.3. The Morgan fingerprint density at radius 2 is 1.90 bits per heavy atom. The van der Waals surface area contributed by atoms with E-state index in [2.05, 4.69) is 24.1 Å².